The lowest BCUT2D eigenvalue weighted by Gasteiger charge is -2.17. The molecule has 5 nitrogen and oxygen atoms in total. The van der Waals surface area contributed by atoms with Crippen molar-refractivity contribution in [2.75, 3.05) is 11.9 Å². The zero-order valence-corrected chi connectivity index (χ0v) is 9.03. The number of anilines is 1. The van der Waals surface area contributed by atoms with Crippen molar-refractivity contribution >= 4 is 15.7 Å². The first-order chi connectivity index (χ1) is 6.89. The fourth-order valence-electron chi connectivity index (χ4n) is 1.72. The zero-order chi connectivity index (χ0) is 11.2. The monoisotopic (exact) mass is 228 g/mol. The van der Waals surface area contributed by atoms with Gasteiger partial charge in [0.2, 0.25) is 10.0 Å². The van der Waals surface area contributed by atoms with E-state index in [2.05, 4.69) is 0 Å². The fourth-order valence-corrected chi connectivity index (χ4v) is 2.25. The molecule has 0 aromatic heterocycles. The van der Waals surface area contributed by atoms with Gasteiger partial charge in [0.1, 0.15) is 6.23 Å². The first-order valence-corrected chi connectivity index (χ1v) is 6.01. The van der Waals surface area contributed by atoms with E-state index in [1.807, 2.05) is 0 Å². The van der Waals surface area contributed by atoms with Crippen LogP contribution in [0.15, 0.2) is 23.1 Å². The minimum atomic E-state index is -3.67. The van der Waals surface area contributed by atoms with E-state index < -0.39 is 16.3 Å². The summed E-state index contributed by atoms with van der Waals surface area (Å²) >= 11 is 0. The third-order valence-corrected chi connectivity index (χ3v) is 3.53. The molecule has 0 fully saturated rings. The van der Waals surface area contributed by atoms with E-state index in [0.717, 1.165) is 5.56 Å². The predicted octanol–water partition coefficient (Wildman–Crippen LogP) is -0.355. The summed E-state index contributed by atoms with van der Waals surface area (Å²) in [5.74, 6) is 0. The molecule has 1 aromatic rings. The van der Waals surface area contributed by atoms with Gasteiger partial charge in [-0.15, -0.1) is 0 Å². The highest BCUT2D eigenvalue weighted by Gasteiger charge is 2.25. The molecule has 0 aliphatic carbocycles. The number of hydrogen-bond donors (Lipinski definition) is 2. The standard InChI is InChI=1S/C9H12N2O3S/c1-11-8-5-7(15(10,13)14)3-2-6(8)4-9(11)12/h2-3,5,9,12H,4H2,1H3,(H2,10,13,14). The van der Waals surface area contributed by atoms with Gasteiger partial charge in [0, 0.05) is 19.2 Å². The van der Waals surface area contributed by atoms with Gasteiger partial charge in [0.15, 0.2) is 0 Å². The summed E-state index contributed by atoms with van der Waals surface area (Å²) in [4.78, 5) is 1.70. The Kier molecular flexibility index (Phi) is 2.22. The number of aliphatic hydroxyl groups is 1. The van der Waals surface area contributed by atoms with E-state index in [9.17, 15) is 13.5 Å². The first kappa shape index (κ1) is 10.4. The van der Waals surface area contributed by atoms with Gasteiger partial charge in [-0.3, -0.25) is 0 Å². The van der Waals surface area contributed by atoms with E-state index in [1.54, 1.807) is 18.0 Å². The lowest BCUT2D eigenvalue weighted by atomic mass is 10.2. The maximum atomic E-state index is 11.1. The maximum Gasteiger partial charge on any atom is 0.238 e. The molecule has 0 radical (unpaired) electrons. The van der Waals surface area contributed by atoms with Gasteiger partial charge in [-0.25, -0.2) is 13.6 Å². The van der Waals surface area contributed by atoms with Gasteiger partial charge in [-0.05, 0) is 17.7 Å². The molecule has 0 bridgehead atoms. The van der Waals surface area contributed by atoms with Gasteiger partial charge in [-0.1, -0.05) is 6.07 Å². The van der Waals surface area contributed by atoms with Crippen molar-refractivity contribution in [3.05, 3.63) is 23.8 Å². The molecule has 1 aliphatic rings. The number of aliphatic hydroxyl groups excluding tert-OH is 1. The Morgan fingerprint density at radius 1 is 1.53 bits per heavy atom. The number of nitrogens with zero attached hydrogens (tertiary/aromatic N) is 1. The average molecular weight is 228 g/mol. The van der Waals surface area contributed by atoms with E-state index in [-0.39, 0.29) is 4.90 Å². The fraction of sp³-hybridized carbons (Fsp3) is 0.333. The number of nitrogens with two attached hydrogens (primary N) is 1. The van der Waals surface area contributed by atoms with Gasteiger partial charge >= 0.3 is 0 Å². The van der Waals surface area contributed by atoms with E-state index in [0.29, 0.717) is 12.1 Å². The van der Waals surface area contributed by atoms with Gasteiger partial charge < -0.3 is 10.0 Å². The summed E-state index contributed by atoms with van der Waals surface area (Å²) in [6.45, 7) is 0. The number of hydrogen-bond acceptors (Lipinski definition) is 4. The molecule has 6 heteroatoms. The molecule has 1 aliphatic heterocycles. The smallest absolute Gasteiger partial charge is 0.238 e. The summed E-state index contributed by atoms with van der Waals surface area (Å²) in [6.07, 6.45) is -0.0766. The Morgan fingerprint density at radius 3 is 2.80 bits per heavy atom. The Balaban J connectivity index is 2.54. The van der Waals surface area contributed by atoms with Crippen LogP contribution in [0.1, 0.15) is 5.56 Å². The summed E-state index contributed by atoms with van der Waals surface area (Å²) in [7, 11) is -1.96. The minimum Gasteiger partial charge on any atom is -0.373 e. The van der Waals surface area contributed by atoms with Crippen LogP contribution in [-0.2, 0) is 16.4 Å². The lowest BCUT2D eigenvalue weighted by Crippen LogP contribution is -2.26. The van der Waals surface area contributed by atoms with Crippen molar-refractivity contribution in [1.82, 2.24) is 0 Å². The van der Waals surface area contributed by atoms with Gasteiger partial charge in [0.25, 0.3) is 0 Å². The molecule has 1 heterocycles. The number of rotatable bonds is 1. The van der Waals surface area contributed by atoms with Crippen molar-refractivity contribution < 1.29 is 13.5 Å². The molecular formula is C9H12N2O3S. The summed E-state index contributed by atoms with van der Waals surface area (Å²) in [5, 5.41) is 14.6. The topological polar surface area (TPSA) is 83.6 Å². The Morgan fingerprint density at radius 2 is 2.20 bits per heavy atom. The van der Waals surface area contributed by atoms with Crippen molar-refractivity contribution in [1.29, 1.82) is 0 Å². The van der Waals surface area contributed by atoms with Crippen LogP contribution in [0.3, 0.4) is 0 Å². The van der Waals surface area contributed by atoms with Gasteiger partial charge in [0.05, 0.1) is 4.90 Å². The summed E-state index contributed by atoms with van der Waals surface area (Å²) < 4.78 is 22.2. The van der Waals surface area contributed by atoms with Crippen LogP contribution in [0.2, 0.25) is 0 Å². The molecule has 2 rings (SSSR count). The van der Waals surface area contributed by atoms with Crippen LogP contribution < -0.4 is 10.0 Å². The maximum absolute atomic E-state index is 11.1. The number of primary sulfonamides is 1. The summed E-state index contributed by atoms with van der Waals surface area (Å²) in [5.41, 5.74) is 1.64. The molecule has 1 atom stereocenters. The molecule has 1 aromatic carbocycles. The van der Waals surface area contributed by atoms with E-state index in [1.165, 1.54) is 12.1 Å². The molecule has 82 valence electrons. The number of fused-ring (bicyclic) bond motifs is 1. The molecule has 0 saturated heterocycles. The molecular weight excluding hydrogens is 216 g/mol. The third-order valence-electron chi connectivity index (χ3n) is 2.61. The number of likely N-dealkylation sites (N-methyl/N-ethyl adjacent to an activating group) is 1. The SMILES string of the molecule is CN1c2cc(S(N)(=O)=O)ccc2CC1O. The predicted molar refractivity (Wildman–Crippen MR) is 55.9 cm³/mol. The highest BCUT2D eigenvalue weighted by Crippen LogP contribution is 2.31. The van der Waals surface area contributed by atoms with Crippen LogP contribution >= 0.6 is 0 Å². The van der Waals surface area contributed by atoms with Crippen LogP contribution in [0.5, 0.6) is 0 Å². The van der Waals surface area contributed by atoms with Crippen LogP contribution in [0.25, 0.3) is 0 Å². The average Bonchev–Trinajstić information content (AvgIpc) is 2.41. The van der Waals surface area contributed by atoms with Crippen LogP contribution in [0.4, 0.5) is 5.69 Å². The largest absolute Gasteiger partial charge is 0.373 e. The van der Waals surface area contributed by atoms with Crippen LogP contribution in [0, 0.1) is 0 Å². The van der Waals surface area contributed by atoms with E-state index in [4.69, 9.17) is 5.14 Å². The second-order valence-electron chi connectivity index (χ2n) is 3.63. The molecule has 3 N–H and O–H groups in total. The molecule has 0 spiro atoms. The highest BCUT2D eigenvalue weighted by atomic mass is 32.2. The lowest BCUT2D eigenvalue weighted by molar-refractivity contribution is 0.185. The van der Waals surface area contributed by atoms with Crippen molar-refractivity contribution in [3.63, 3.8) is 0 Å². The zero-order valence-electron chi connectivity index (χ0n) is 8.21. The minimum absolute atomic E-state index is 0.0715. The molecule has 0 saturated carbocycles. The third kappa shape index (κ3) is 1.71. The molecule has 0 amide bonds. The second kappa shape index (κ2) is 3.19. The van der Waals surface area contributed by atoms with Crippen molar-refractivity contribution in [2.45, 2.75) is 17.5 Å². The molecule has 15 heavy (non-hydrogen) atoms. The Bertz CT molecular complexity index is 498. The summed E-state index contributed by atoms with van der Waals surface area (Å²) in [6, 6.07) is 4.63. The molecule has 1 unspecified atom stereocenters. The van der Waals surface area contributed by atoms with E-state index >= 15 is 0 Å². The van der Waals surface area contributed by atoms with Crippen molar-refractivity contribution in [2.24, 2.45) is 5.14 Å². The Labute approximate surface area is 88.2 Å². The second-order valence-corrected chi connectivity index (χ2v) is 5.19. The van der Waals surface area contributed by atoms with Crippen molar-refractivity contribution in [3.8, 4) is 0 Å². The van der Waals surface area contributed by atoms with Gasteiger partial charge in [-0.2, -0.15) is 0 Å². The Hall–Kier alpha value is -1.11. The number of benzene rings is 1. The first-order valence-electron chi connectivity index (χ1n) is 4.46. The normalized spacial score (nSPS) is 20.5. The van der Waals surface area contributed by atoms with Crippen LogP contribution in [-0.4, -0.2) is 26.8 Å². The quantitative estimate of drug-likeness (QED) is 0.688. The highest BCUT2D eigenvalue weighted by molar-refractivity contribution is 7.89. The number of sulfonamides is 1.